The van der Waals surface area contributed by atoms with Crippen LogP contribution in [0.2, 0.25) is 0 Å². The topological polar surface area (TPSA) is 182 Å². The second-order valence-corrected chi connectivity index (χ2v) is 9.84. The van der Waals surface area contributed by atoms with Gasteiger partial charge in [0.05, 0.1) is 16.7 Å². The van der Waals surface area contributed by atoms with Crippen molar-refractivity contribution in [3.8, 4) is 5.88 Å². The fraction of sp³-hybridized carbons (Fsp3) is 0.345. The lowest BCUT2D eigenvalue weighted by atomic mass is 9.97. The first-order valence-corrected chi connectivity index (χ1v) is 13.2. The van der Waals surface area contributed by atoms with Gasteiger partial charge < -0.3 is 28.8 Å². The highest BCUT2D eigenvalue weighted by molar-refractivity contribution is 6.24. The van der Waals surface area contributed by atoms with Gasteiger partial charge in [0.25, 0.3) is 5.91 Å². The summed E-state index contributed by atoms with van der Waals surface area (Å²) in [5.41, 5.74) is 0.727. The van der Waals surface area contributed by atoms with E-state index in [0.717, 1.165) is 27.7 Å². The molecule has 0 spiro atoms. The molecule has 2 aliphatic rings. The Kier molecular flexibility index (Phi) is 7.96. The molecule has 43 heavy (non-hydrogen) atoms. The molecule has 1 saturated heterocycles. The maximum atomic E-state index is 13.1. The molecule has 0 unspecified atom stereocenters. The third-order valence-corrected chi connectivity index (χ3v) is 6.83. The molecule has 5 atom stereocenters. The second-order valence-electron chi connectivity index (χ2n) is 9.84. The molecule has 14 nitrogen and oxygen atoms in total. The number of nitrogens with zero attached hydrogens (tertiary/aromatic N) is 3. The summed E-state index contributed by atoms with van der Waals surface area (Å²) in [7, 11) is 0. The van der Waals surface area contributed by atoms with Gasteiger partial charge >= 0.3 is 23.9 Å². The van der Waals surface area contributed by atoms with Crippen molar-refractivity contribution in [1.82, 2.24) is 9.55 Å². The van der Waals surface area contributed by atoms with Crippen LogP contribution in [0.15, 0.2) is 47.6 Å². The molecule has 0 saturated carbocycles. The zero-order valence-electron chi connectivity index (χ0n) is 23.5. The largest absolute Gasteiger partial charge is 0.494 e. The van der Waals surface area contributed by atoms with E-state index in [1.54, 1.807) is 36.4 Å². The van der Waals surface area contributed by atoms with Gasteiger partial charge in [0.2, 0.25) is 5.88 Å². The maximum absolute atomic E-state index is 13.1. The van der Waals surface area contributed by atoms with Crippen molar-refractivity contribution in [3.63, 3.8) is 0 Å². The van der Waals surface area contributed by atoms with Crippen molar-refractivity contribution < 1.29 is 52.8 Å². The van der Waals surface area contributed by atoms with Crippen LogP contribution in [0.1, 0.15) is 39.5 Å². The molecule has 0 radical (unpaired) electrons. The van der Waals surface area contributed by atoms with Crippen LogP contribution in [-0.4, -0.2) is 75.5 Å². The Bertz CT molecular complexity index is 1780. The van der Waals surface area contributed by atoms with Crippen LogP contribution in [0.25, 0.3) is 16.5 Å². The van der Waals surface area contributed by atoms with Gasteiger partial charge in [-0.1, -0.05) is 18.2 Å². The first-order valence-electron chi connectivity index (χ1n) is 13.2. The molecule has 2 aromatic heterocycles. The Morgan fingerprint density at radius 3 is 2.21 bits per heavy atom. The molecule has 1 amide bonds. The van der Waals surface area contributed by atoms with E-state index in [0.29, 0.717) is 16.1 Å². The van der Waals surface area contributed by atoms with Crippen LogP contribution >= 0.6 is 0 Å². The molecule has 5 rings (SSSR count). The van der Waals surface area contributed by atoms with Gasteiger partial charge in [-0.25, -0.2) is 4.98 Å². The molecular weight excluding hydrogens is 566 g/mol. The lowest BCUT2D eigenvalue weighted by molar-refractivity contribution is -0.268. The molecule has 2 aliphatic heterocycles. The van der Waals surface area contributed by atoms with E-state index in [2.05, 4.69) is 9.98 Å². The number of hydrogen-bond acceptors (Lipinski definition) is 12. The lowest BCUT2D eigenvalue weighted by Crippen LogP contribution is -2.60. The molecule has 1 fully saturated rings. The third kappa shape index (κ3) is 5.56. The highest BCUT2D eigenvalue weighted by Crippen LogP contribution is 2.43. The highest BCUT2D eigenvalue weighted by atomic mass is 16.7. The average molecular weight is 594 g/mol. The summed E-state index contributed by atoms with van der Waals surface area (Å²) in [5, 5.41) is 12.6. The number of aromatic nitrogens is 2. The number of carbonyl (C=O) groups is 5. The summed E-state index contributed by atoms with van der Waals surface area (Å²) in [6, 6.07) is 9.95. The van der Waals surface area contributed by atoms with E-state index in [9.17, 15) is 29.1 Å². The number of benzene rings is 1. The van der Waals surface area contributed by atoms with E-state index in [4.69, 9.17) is 23.7 Å². The van der Waals surface area contributed by atoms with E-state index < -0.39 is 72.9 Å². The summed E-state index contributed by atoms with van der Waals surface area (Å²) in [6.45, 7) is 4.06. The molecular formula is C29H27N3O11. The number of carbonyl (C=O) groups excluding carboxylic acids is 5. The van der Waals surface area contributed by atoms with Gasteiger partial charge in [0.15, 0.2) is 30.0 Å². The van der Waals surface area contributed by atoms with Crippen LogP contribution in [-0.2, 0) is 47.7 Å². The first-order chi connectivity index (χ1) is 20.5. The van der Waals surface area contributed by atoms with Gasteiger partial charge in [-0.3, -0.25) is 28.5 Å². The Morgan fingerprint density at radius 1 is 0.884 bits per heavy atom. The fourth-order valence-electron chi connectivity index (χ4n) is 5.36. The Labute approximate surface area is 243 Å². The molecule has 224 valence electrons. The van der Waals surface area contributed by atoms with E-state index in [1.807, 2.05) is 0 Å². The predicted octanol–water partition coefficient (Wildman–Crippen LogP) is 0.356. The van der Waals surface area contributed by atoms with Gasteiger partial charge in [0.1, 0.15) is 12.7 Å². The SMILES string of the molecule is CC(=O)OC[C@H]1O[C@@H](n2c(O)c(C3=c4cccnc4=NC3=O)c3ccccc32)[C@H](OC(C)=O)[C@@H](OC(C)=O)[C@@H]1OC(C)=O. The zero-order chi connectivity index (χ0) is 31.0. The minimum atomic E-state index is -1.49. The number of esters is 4. The molecule has 3 aromatic rings. The number of rotatable bonds is 7. The minimum absolute atomic E-state index is 0.0844. The number of ether oxygens (including phenoxy) is 5. The molecule has 0 aliphatic carbocycles. The Hall–Kier alpha value is -5.11. The van der Waals surface area contributed by atoms with Crippen LogP contribution in [0.3, 0.4) is 0 Å². The zero-order valence-corrected chi connectivity index (χ0v) is 23.5. The first kappa shape index (κ1) is 29.4. The molecule has 4 heterocycles. The highest BCUT2D eigenvalue weighted by Gasteiger charge is 2.53. The molecule has 1 N–H and O–H groups in total. The summed E-state index contributed by atoms with van der Waals surface area (Å²) in [4.78, 5) is 69.7. The maximum Gasteiger partial charge on any atom is 0.303 e. The second kappa shape index (κ2) is 11.6. The number of para-hydroxylation sites is 1. The normalized spacial score (nSPS) is 22.8. The van der Waals surface area contributed by atoms with E-state index >= 15 is 0 Å². The van der Waals surface area contributed by atoms with Crippen LogP contribution < -0.4 is 10.7 Å². The standard InChI is InChI=1S/C29H27N3O11/c1-13(33)39-12-20-23(40-14(2)34)24(41-15(3)35)25(42-16(4)36)29(43-20)32-19-10-6-5-8-17(19)22(28(32)38)21-18-9-7-11-30-26(18)31-27(21)37/h5-11,20,23-25,29,38H,12H2,1-4H3/t20-,23-,24+,25-,29-/m1/s1. The fourth-order valence-corrected chi connectivity index (χ4v) is 5.36. The average Bonchev–Trinajstić information content (AvgIpc) is 3.41. The van der Waals surface area contributed by atoms with Crippen molar-refractivity contribution in [3.05, 3.63) is 58.9 Å². The molecule has 14 heteroatoms. The van der Waals surface area contributed by atoms with E-state index in [1.165, 1.54) is 10.8 Å². The van der Waals surface area contributed by atoms with Crippen molar-refractivity contribution >= 4 is 46.3 Å². The van der Waals surface area contributed by atoms with Gasteiger partial charge in [0, 0.05) is 44.5 Å². The molecule has 1 aromatic carbocycles. The molecule has 0 bridgehead atoms. The van der Waals surface area contributed by atoms with Crippen molar-refractivity contribution in [1.29, 1.82) is 0 Å². The number of pyridine rings is 1. The monoisotopic (exact) mass is 593 g/mol. The summed E-state index contributed by atoms with van der Waals surface area (Å²) in [5.74, 6) is -4.14. The van der Waals surface area contributed by atoms with Crippen molar-refractivity contribution in [2.45, 2.75) is 58.3 Å². The van der Waals surface area contributed by atoms with Crippen molar-refractivity contribution in [2.24, 2.45) is 4.99 Å². The summed E-state index contributed by atoms with van der Waals surface area (Å²) < 4.78 is 29.3. The minimum Gasteiger partial charge on any atom is -0.494 e. The summed E-state index contributed by atoms with van der Waals surface area (Å²) in [6.07, 6.45) is -5.54. The van der Waals surface area contributed by atoms with Crippen molar-refractivity contribution in [2.75, 3.05) is 6.61 Å². The Morgan fingerprint density at radius 2 is 1.53 bits per heavy atom. The summed E-state index contributed by atoms with van der Waals surface area (Å²) >= 11 is 0. The number of aromatic hydroxyl groups is 1. The number of fused-ring (bicyclic) bond motifs is 2. The van der Waals surface area contributed by atoms with E-state index in [-0.39, 0.29) is 16.6 Å². The quantitative estimate of drug-likeness (QED) is 0.294. The van der Waals surface area contributed by atoms with Gasteiger partial charge in [-0.15, -0.1) is 0 Å². The predicted molar refractivity (Wildman–Crippen MR) is 143 cm³/mol. The number of hydrogen-bond donors (Lipinski definition) is 1. The van der Waals surface area contributed by atoms with Crippen LogP contribution in [0.5, 0.6) is 5.88 Å². The van der Waals surface area contributed by atoms with Crippen LogP contribution in [0, 0.1) is 0 Å². The lowest BCUT2D eigenvalue weighted by Gasteiger charge is -2.45. The smallest absolute Gasteiger partial charge is 0.303 e. The Balaban J connectivity index is 1.76. The van der Waals surface area contributed by atoms with Gasteiger partial charge in [-0.05, 0) is 18.2 Å². The van der Waals surface area contributed by atoms with Crippen LogP contribution in [0.4, 0.5) is 0 Å². The third-order valence-electron chi connectivity index (χ3n) is 6.83. The van der Waals surface area contributed by atoms with Gasteiger partial charge in [-0.2, -0.15) is 4.99 Å². The number of amides is 1.